The Balaban J connectivity index is 2.22. The van der Waals surface area contributed by atoms with Crippen LogP contribution in [0.25, 0.3) is 6.08 Å². The number of alkyl halides is 4. The van der Waals surface area contributed by atoms with Crippen molar-refractivity contribution in [1.29, 1.82) is 0 Å². The van der Waals surface area contributed by atoms with Crippen molar-refractivity contribution >= 4 is 6.08 Å². The van der Waals surface area contributed by atoms with Crippen LogP contribution in [-0.4, -0.2) is 17.9 Å². The molecule has 0 spiro atoms. The van der Waals surface area contributed by atoms with Crippen LogP contribution in [-0.2, 0) is 4.74 Å². The van der Waals surface area contributed by atoms with Crippen molar-refractivity contribution in [2.24, 2.45) is 0 Å². The SMILES string of the molecule is C=C1OC(/C=C/c2ccccc2)C(F)(F)C1(F)F. The molecule has 96 valence electrons. The Morgan fingerprint density at radius 1 is 1.11 bits per heavy atom. The number of hydrogen-bond donors (Lipinski definition) is 0. The summed E-state index contributed by atoms with van der Waals surface area (Å²) in [6.07, 6.45) is 0.231. The normalized spacial score (nSPS) is 25.3. The number of halogens is 4. The Labute approximate surface area is 101 Å². The molecule has 1 aromatic carbocycles. The molecule has 1 aliphatic heterocycles. The van der Waals surface area contributed by atoms with Crippen LogP contribution in [0.2, 0.25) is 0 Å². The summed E-state index contributed by atoms with van der Waals surface area (Å²) >= 11 is 0. The van der Waals surface area contributed by atoms with Gasteiger partial charge in [0.15, 0.2) is 11.9 Å². The molecule has 1 heterocycles. The quantitative estimate of drug-likeness (QED) is 0.731. The molecule has 1 nitrogen and oxygen atoms in total. The summed E-state index contributed by atoms with van der Waals surface area (Å²) in [5.74, 6) is -9.82. The van der Waals surface area contributed by atoms with E-state index in [-0.39, 0.29) is 0 Å². The Morgan fingerprint density at radius 3 is 2.22 bits per heavy atom. The predicted octanol–water partition coefficient (Wildman–Crippen LogP) is 3.88. The summed E-state index contributed by atoms with van der Waals surface area (Å²) in [6.45, 7) is 2.82. The van der Waals surface area contributed by atoms with Gasteiger partial charge in [-0.05, 0) is 11.6 Å². The predicted molar refractivity (Wildman–Crippen MR) is 59.4 cm³/mol. The smallest absolute Gasteiger partial charge is 0.369 e. The summed E-state index contributed by atoms with van der Waals surface area (Å²) in [5.41, 5.74) is 0.623. The van der Waals surface area contributed by atoms with Crippen molar-refractivity contribution in [3.8, 4) is 0 Å². The van der Waals surface area contributed by atoms with Gasteiger partial charge in [0, 0.05) is 0 Å². The minimum atomic E-state index is -4.33. The van der Waals surface area contributed by atoms with Crippen LogP contribution in [0.3, 0.4) is 0 Å². The van der Waals surface area contributed by atoms with Gasteiger partial charge < -0.3 is 4.74 Å². The first-order chi connectivity index (χ1) is 8.35. The van der Waals surface area contributed by atoms with E-state index in [2.05, 4.69) is 11.3 Å². The van der Waals surface area contributed by atoms with Gasteiger partial charge in [-0.15, -0.1) is 0 Å². The topological polar surface area (TPSA) is 9.23 Å². The van der Waals surface area contributed by atoms with Crippen molar-refractivity contribution in [2.75, 3.05) is 0 Å². The first-order valence-electron chi connectivity index (χ1n) is 5.20. The van der Waals surface area contributed by atoms with Gasteiger partial charge in [-0.2, -0.15) is 17.6 Å². The first kappa shape index (κ1) is 12.7. The van der Waals surface area contributed by atoms with E-state index in [1.165, 1.54) is 6.08 Å². The van der Waals surface area contributed by atoms with Crippen molar-refractivity contribution in [3.05, 3.63) is 54.3 Å². The van der Waals surface area contributed by atoms with E-state index in [1.54, 1.807) is 30.3 Å². The van der Waals surface area contributed by atoms with Crippen molar-refractivity contribution in [3.63, 3.8) is 0 Å². The largest absolute Gasteiger partial charge is 0.478 e. The molecule has 0 radical (unpaired) electrons. The monoisotopic (exact) mass is 258 g/mol. The minimum absolute atomic E-state index is 0.623. The van der Waals surface area contributed by atoms with Crippen LogP contribution >= 0.6 is 0 Å². The summed E-state index contributed by atoms with van der Waals surface area (Å²) in [6, 6.07) is 8.50. The van der Waals surface area contributed by atoms with Gasteiger partial charge in [-0.25, -0.2) is 0 Å². The highest BCUT2D eigenvalue weighted by Crippen LogP contribution is 2.50. The van der Waals surface area contributed by atoms with Crippen molar-refractivity contribution < 1.29 is 22.3 Å². The molecule has 0 saturated carbocycles. The fourth-order valence-corrected chi connectivity index (χ4v) is 1.59. The van der Waals surface area contributed by atoms with Gasteiger partial charge in [0.05, 0.1) is 0 Å². The molecule has 1 fully saturated rings. The lowest BCUT2D eigenvalue weighted by molar-refractivity contribution is -0.173. The lowest BCUT2D eigenvalue weighted by Gasteiger charge is -2.17. The maximum atomic E-state index is 13.4. The molecule has 1 unspecified atom stereocenters. The second-order valence-electron chi connectivity index (χ2n) is 3.93. The van der Waals surface area contributed by atoms with Crippen LogP contribution in [0, 0.1) is 0 Å². The fourth-order valence-electron chi connectivity index (χ4n) is 1.59. The second-order valence-corrected chi connectivity index (χ2v) is 3.93. The number of hydrogen-bond acceptors (Lipinski definition) is 1. The van der Waals surface area contributed by atoms with Gasteiger partial charge in [-0.1, -0.05) is 43.0 Å². The maximum absolute atomic E-state index is 13.4. The van der Waals surface area contributed by atoms with Gasteiger partial charge in [-0.3, -0.25) is 0 Å². The molecule has 0 N–H and O–H groups in total. The minimum Gasteiger partial charge on any atom is -0.478 e. The van der Waals surface area contributed by atoms with Crippen LogP contribution in [0.15, 0.2) is 48.7 Å². The number of ether oxygens (including phenoxy) is 1. The molecule has 1 atom stereocenters. The Morgan fingerprint density at radius 2 is 1.72 bits per heavy atom. The first-order valence-corrected chi connectivity index (χ1v) is 5.20. The molecule has 18 heavy (non-hydrogen) atoms. The fraction of sp³-hybridized carbons (Fsp3) is 0.231. The van der Waals surface area contributed by atoms with E-state index in [0.29, 0.717) is 5.56 Å². The Bertz CT molecular complexity index is 479. The number of rotatable bonds is 2. The third-order valence-corrected chi connectivity index (χ3v) is 2.66. The summed E-state index contributed by atoms with van der Waals surface area (Å²) in [5, 5.41) is 0. The van der Waals surface area contributed by atoms with E-state index in [9.17, 15) is 17.6 Å². The zero-order chi connectivity index (χ0) is 13.4. The summed E-state index contributed by atoms with van der Waals surface area (Å²) in [7, 11) is 0. The molecule has 0 amide bonds. The van der Waals surface area contributed by atoms with Crippen molar-refractivity contribution in [2.45, 2.75) is 17.9 Å². The zero-order valence-corrected chi connectivity index (χ0v) is 9.25. The molecule has 0 aliphatic carbocycles. The Kier molecular flexibility index (Phi) is 2.92. The van der Waals surface area contributed by atoms with E-state index >= 15 is 0 Å². The van der Waals surface area contributed by atoms with Gasteiger partial charge >= 0.3 is 11.8 Å². The molecule has 2 rings (SSSR count). The van der Waals surface area contributed by atoms with E-state index in [4.69, 9.17) is 0 Å². The van der Waals surface area contributed by atoms with Crippen molar-refractivity contribution in [1.82, 2.24) is 0 Å². The van der Waals surface area contributed by atoms with Crippen LogP contribution in [0.1, 0.15) is 5.56 Å². The molecule has 1 aliphatic rings. The summed E-state index contributed by atoms with van der Waals surface area (Å²) in [4.78, 5) is 0. The number of benzene rings is 1. The van der Waals surface area contributed by atoms with Crippen LogP contribution in [0.4, 0.5) is 17.6 Å². The Hall–Kier alpha value is -1.78. The number of allylic oxidation sites excluding steroid dienone is 1. The maximum Gasteiger partial charge on any atom is 0.369 e. The zero-order valence-electron chi connectivity index (χ0n) is 9.25. The summed E-state index contributed by atoms with van der Waals surface area (Å²) < 4.78 is 57.3. The molecular formula is C13H10F4O. The standard InChI is InChI=1S/C13H10F4O/c1-9-12(14,15)13(16,17)11(18-9)8-7-10-5-3-2-4-6-10/h2-8,11H,1H2/b8-7+. The van der Waals surface area contributed by atoms with Gasteiger partial charge in [0.1, 0.15) is 0 Å². The van der Waals surface area contributed by atoms with E-state index < -0.39 is 23.7 Å². The molecule has 1 aromatic rings. The highest BCUT2D eigenvalue weighted by molar-refractivity contribution is 5.50. The third-order valence-electron chi connectivity index (χ3n) is 2.66. The molecule has 0 bridgehead atoms. The average Bonchev–Trinajstić information content (AvgIpc) is 2.48. The highest BCUT2D eigenvalue weighted by Gasteiger charge is 2.69. The van der Waals surface area contributed by atoms with E-state index in [0.717, 1.165) is 6.08 Å². The van der Waals surface area contributed by atoms with Gasteiger partial charge in [0.25, 0.3) is 0 Å². The van der Waals surface area contributed by atoms with Crippen LogP contribution < -0.4 is 0 Å². The lowest BCUT2D eigenvalue weighted by atomic mass is 10.1. The van der Waals surface area contributed by atoms with E-state index in [1.807, 2.05) is 0 Å². The van der Waals surface area contributed by atoms with Crippen LogP contribution in [0.5, 0.6) is 0 Å². The lowest BCUT2D eigenvalue weighted by Crippen LogP contribution is -2.42. The average molecular weight is 258 g/mol. The highest BCUT2D eigenvalue weighted by atomic mass is 19.3. The van der Waals surface area contributed by atoms with Gasteiger partial charge in [0.2, 0.25) is 0 Å². The molecule has 1 saturated heterocycles. The molecule has 0 aromatic heterocycles. The molecular weight excluding hydrogens is 248 g/mol. The molecule has 5 heteroatoms. The second kappa shape index (κ2) is 4.15. The third kappa shape index (κ3) is 1.89.